The Balaban J connectivity index is 1.85. The van der Waals surface area contributed by atoms with E-state index in [9.17, 15) is 0 Å². The Hall–Kier alpha value is -0.380. The lowest BCUT2D eigenvalue weighted by molar-refractivity contribution is 0.0539. The largest absolute Gasteiger partial charge is 0.327 e. The van der Waals surface area contributed by atoms with Crippen molar-refractivity contribution in [1.29, 1.82) is 0 Å². The number of nitrogens with one attached hydrogen (secondary N) is 1. The molecule has 1 heterocycles. The Morgan fingerprint density at radius 2 is 2.22 bits per heavy atom. The summed E-state index contributed by atoms with van der Waals surface area (Å²) >= 11 is 1.83. The molecular weight excluding hydrogens is 240 g/mol. The molecule has 1 aliphatic rings. The van der Waals surface area contributed by atoms with Gasteiger partial charge < -0.3 is 11.1 Å². The molecular formula is C15H26N2S. The van der Waals surface area contributed by atoms with Gasteiger partial charge in [-0.15, -0.1) is 11.3 Å². The van der Waals surface area contributed by atoms with Crippen LogP contribution in [0, 0.1) is 17.3 Å². The molecule has 0 spiro atoms. The molecule has 0 amide bonds. The van der Waals surface area contributed by atoms with Gasteiger partial charge in [-0.3, -0.25) is 0 Å². The number of hydrogen-bond acceptors (Lipinski definition) is 3. The van der Waals surface area contributed by atoms with Crippen LogP contribution >= 0.6 is 11.3 Å². The third kappa shape index (κ3) is 2.95. The highest BCUT2D eigenvalue weighted by atomic mass is 32.1. The fraction of sp³-hybridized carbons (Fsp3) is 0.733. The first kappa shape index (κ1) is 14.0. The van der Waals surface area contributed by atoms with Crippen molar-refractivity contribution in [1.82, 2.24) is 5.32 Å². The molecule has 0 aromatic carbocycles. The van der Waals surface area contributed by atoms with Gasteiger partial charge in [0.25, 0.3) is 0 Å². The van der Waals surface area contributed by atoms with Crippen LogP contribution in [0.2, 0.25) is 0 Å². The number of rotatable bonds is 4. The third-order valence-corrected chi connectivity index (χ3v) is 5.86. The second-order valence-electron chi connectivity index (χ2n) is 6.26. The second-order valence-corrected chi connectivity index (χ2v) is 7.29. The van der Waals surface area contributed by atoms with Crippen LogP contribution in [-0.2, 0) is 6.54 Å². The Kier molecular flexibility index (Phi) is 4.46. The lowest BCUT2D eigenvalue weighted by Gasteiger charge is -2.47. The second kappa shape index (κ2) is 5.72. The summed E-state index contributed by atoms with van der Waals surface area (Å²) in [4.78, 5) is 1.42. The molecule has 1 aromatic heterocycles. The monoisotopic (exact) mass is 266 g/mol. The summed E-state index contributed by atoms with van der Waals surface area (Å²) in [5.41, 5.74) is 6.55. The molecule has 0 aliphatic heterocycles. The minimum Gasteiger partial charge on any atom is -0.327 e. The van der Waals surface area contributed by atoms with Gasteiger partial charge >= 0.3 is 0 Å². The summed E-state index contributed by atoms with van der Waals surface area (Å²) in [7, 11) is 0. The molecule has 0 radical (unpaired) electrons. The SMILES string of the molecule is CC1C(N)CCC(CNCc2cccs2)C1(C)C. The Bertz CT molecular complexity index is 359. The van der Waals surface area contributed by atoms with Crippen molar-refractivity contribution in [3.8, 4) is 0 Å². The quantitative estimate of drug-likeness (QED) is 0.878. The molecule has 0 bridgehead atoms. The van der Waals surface area contributed by atoms with Crippen LogP contribution in [0.4, 0.5) is 0 Å². The number of hydrogen-bond donors (Lipinski definition) is 2. The molecule has 102 valence electrons. The minimum atomic E-state index is 0.347. The van der Waals surface area contributed by atoms with Gasteiger partial charge in [0, 0.05) is 17.5 Å². The molecule has 1 fully saturated rings. The van der Waals surface area contributed by atoms with Gasteiger partial charge in [-0.05, 0) is 48.1 Å². The molecule has 1 aromatic rings. The Morgan fingerprint density at radius 3 is 2.89 bits per heavy atom. The van der Waals surface area contributed by atoms with Gasteiger partial charge in [0.1, 0.15) is 0 Å². The Morgan fingerprint density at radius 1 is 1.44 bits per heavy atom. The molecule has 3 N–H and O–H groups in total. The van der Waals surface area contributed by atoms with Crippen molar-refractivity contribution in [2.45, 2.75) is 46.2 Å². The van der Waals surface area contributed by atoms with Crippen LogP contribution in [0.1, 0.15) is 38.5 Å². The van der Waals surface area contributed by atoms with Crippen molar-refractivity contribution in [3.63, 3.8) is 0 Å². The van der Waals surface area contributed by atoms with Gasteiger partial charge in [-0.1, -0.05) is 26.8 Å². The van der Waals surface area contributed by atoms with Crippen molar-refractivity contribution in [2.75, 3.05) is 6.54 Å². The van der Waals surface area contributed by atoms with Crippen molar-refractivity contribution in [2.24, 2.45) is 23.0 Å². The molecule has 1 saturated carbocycles. The molecule has 3 heteroatoms. The van der Waals surface area contributed by atoms with E-state index in [0.29, 0.717) is 17.4 Å². The van der Waals surface area contributed by atoms with Crippen LogP contribution < -0.4 is 11.1 Å². The van der Waals surface area contributed by atoms with E-state index in [2.05, 4.69) is 43.6 Å². The van der Waals surface area contributed by atoms with Gasteiger partial charge in [-0.2, -0.15) is 0 Å². The highest BCUT2D eigenvalue weighted by Gasteiger charge is 2.41. The zero-order valence-corrected chi connectivity index (χ0v) is 12.6. The number of nitrogens with two attached hydrogens (primary N) is 1. The molecule has 0 saturated heterocycles. The van der Waals surface area contributed by atoms with Gasteiger partial charge in [-0.25, -0.2) is 0 Å². The average Bonchev–Trinajstić information content (AvgIpc) is 2.83. The standard InChI is InChI=1S/C15H26N2S/c1-11-14(16)7-6-12(15(11,2)3)9-17-10-13-5-4-8-18-13/h4-5,8,11-12,14,17H,6-7,9-10,16H2,1-3H3. The lowest BCUT2D eigenvalue weighted by atomic mass is 9.61. The van der Waals surface area contributed by atoms with Crippen molar-refractivity contribution >= 4 is 11.3 Å². The molecule has 18 heavy (non-hydrogen) atoms. The fourth-order valence-corrected chi connectivity index (χ4v) is 3.76. The fourth-order valence-electron chi connectivity index (χ4n) is 3.09. The maximum Gasteiger partial charge on any atom is 0.0299 e. The van der Waals surface area contributed by atoms with E-state index in [0.717, 1.165) is 19.0 Å². The number of thiophene rings is 1. The van der Waals surface area contributed by atoms with Gasteiger partial charge in [0.15, 0.2) is 0 Å². The van der Waals surface area contributed by atoms with Crippen LogP contribution in [0.5, 0.6) is 0 Å². The summed E-state index contributed by atoms with van der Waals surface area (Å²) in [6.07, 6.45) is 2.44. The summed E-state index contributed by atoms with van der Waals surface area (Å²) in [6.45, 7) is 9.20. The van der Waals surface area contributed by atoms with Crippen molar-refractivity contribution < 1.29 is 0 Å². The summed E-state index contributed by atoms with van der Waals surface area (Å²) < 4.78 is 0. The van der Waals surface area contributed by atoms with Crippen LogP contribution in [0.3, 0.4) is 0 Å². The topological polar surface area (TPSA) is 38.0 Å². The first-order chi connectivity index (χ1) is 8.51. The zero-order valence-electron chi connectivity index (χ0n) is 11.8. The first-order valence-electron chi connectivity index (χ1n) is 7.00. The summed E-state index contributed by atoms with van der Waals surface area (Å²) in [5.74, 6) is 1.35. The maximum absolute atomic E-state index is 6.20. The van der Waals surface area contributed by atoms with E-state index < -0.39 is 0 Å². The van der Waals surface area contributed by atoms with Crippen LogP contribution in [-0.4, -0.2) is 12.6 Å². The highest BCUT2D eigenvalue weighted by Crippen LogP contribution is 2.43. The lowest BCUT2D eigenvalue weighted by Crippen LogP contribution is -2.49. The normalized spacial score (nSPS) is 31.4. The van der Waals surface area contributed by atoms with Crippen LogP contribution in [0.15, 0.2) is 17.5 Å². The smallest absolute Gasteiger partial charge is 0.0299 e. The first-order valence-corrected chi connectivity index (χ1v) is 7.88. The average molecular weight is 266 g/mol. The minimum absolute atomic E-state index is 0.347. The predicted octanol–water partition coefficient (Wildman–Crippen LogP) is 3.24. The van der Waals surface area contributed by atoms with Gasteiger partial charge in [0.05, 0.1) is 0 Å². The maximum atomic E-state index is 6.20. The Labute approximate surface area is 115 Å². The van der Waals surface area contributed by atoms with E-state index in [1.54, 1.807) is 0 Å². The molecule has 3 atom stereocenters. The molecule has 2 rings (SSSR count). The molecule has 1 aliphatic carbocycles. The summed E-state index contributed by atoms with van der Waals surface area (Å²) in [6, 6.07) is 4.70. The van der Waals surface area contributed by atoms with E-state index in [1.807, 2.05) is 11.3 Å². The van der Waals surface area contributed by atoms with Gasteiger partial charge in [0.2, 0.25) is 0 Å². The van der Waals surface area contributed by atoms with E-state index in [1.165, 1.54) is 17.7 Å². The highest BCUT2D eigenvalue weighted by molar-refractivity contribution is 7.09. The van der Waals surface area contributed by atoms with E-state index in [-0.39, 0.29) is 0 Å². The predicted molar refractivity (Wildman–Crippen MR) is 79.7 cm³/mol. The van der Waals surface area contributed by atoms with E-state index in [4.69, 9.17) is 5.73 Å². The summed E-state index contributed by atoms with van der Waals surface area (Å²) in [5, 5.41) is 5.76. The van der Waals surface area contributed by atoms with Crippen molar-refractivity contribution in [3.05, 3.63) is 22.4 Å². The van der Waals surface area contributed by atoms with E-state index >= 15 is 0 Å². The zero-order chi connectivity index (χ0) is 13.2. The molecule has 2 nitrogen and oxygen atoms in total. The van der Waals surface area contributed by atoms with Crippen LogP contribution in [0.25, 0.3) is 0 Å². The third-order valence-electron chi connectivity index (χ3n) is 4.99. The molecule has 3 unspecified atom stereocenters.